The van der Waals surface area contributed by atoms with Crippen LogP contribution in [0.15, 0.2) is 12.1 Å². The molecule has 0 amide bonds. The summed E-state index contributed by atoms with van der Waals surface area (Å²) in [7, 11) is 0. The summed E-state index contributed by atoms with van der Waals surface area (Å²) in [5, 5.41) is 0. The number of ether oxygens (including phenoxy) is 2. The monoisotopic (exact) mass is 269 g/mol. The van der Waals surface area contributed by atoms with E-state index < -0.39 is 0 Å². The Labute approximate surface area is 114 Å². The fourth-order valence-electron chi connectivity index (χ4n) is 2.03. The smallest absolute Gasteiger partial charge is 0.164 e. The van der Waals surface area contributed by atoms with Crippen molar-refractivity contribution in [2.24, 2.45) is 11.7 Å². The van der Waals surface area contributed by atoms with Gasteiger partial charge < -0.3 is 15.2 Å². The average molecular weight is 269 g/mol. The SMILES string of the molecule is CCOc1cc(F)c(CC(C)CCN)cc1OCC. The molecule has 0 aliphatic carbocycles. The molecule has 0 radical (unpaired) electrons. The van der Waals surface area contributed by atoms with Crippen LogP contribution in [0.3, 0.4) is 0 Å². The van der Waals surface area contributed by atoms with E-state index >= 15 is 0 Å². The molecule has 0 saturated heterocycles. The second-order valence-corrected chi connectivity index (χ2v) is 4.64. The number of hydrogen-bond donors (Lipinski definition) is 1. The van der Waals surface area contributed by atoms with Crippen molar-refractivity contribution in [3.63, 3.8) is 0 Å². The molecule has 0 aliphatic rings. The normalized spacial score (nSPS) is 12.3. The van der Waals surface area contributed by atoms with Gasteiger partial charge in [-0.2, -0.15) is 0 Å². The highest BCUT2D eigenvalue weighted by atomic mass is 19.1. The van der Waals surface area contributed by atoms with Crippen molar-refractivity contribution in [1.29, 1.82) is 0 Å². The molecule has 0 bridgehead atoms. The van der Waals surface area contributed by atoms with E-state index in [1.165, 1.54) is 6.07 Å². The van der Waals surface area contributed by atoms with Crippen LogP contribution in [-0.4, -0.2) is 19.8 Å². The molecule has 1 aromatic carbocycles. The molecular formula is C15H24FNO2. The van der Waals surface area contributed by atoms with Gasteiger partial charge in [0, 0.05) is 6.07 Å². The molecule has 1 aromatic rings. The first-order valence-electron chi connectivity index (χ1n) is 6.90. The zero-order valence-electron chi connectivity index (χ0n) is 12.0. The number of hydrogen-bond acceptors (Lipinski definition) is 3. The van der Waals surface area contributed by atoms with E-state index in [4.69, 9.17) is 15.2 Å². The summed E-state index contributed by atoms with van der Waals surface area (Å²) in [4.78, 5) is 0. The molecule has 0 aromatic heterocycles. The number of halogens is 1. The van der Waals surface area contributed by atoms with E-state index in [0.29, 0.717) is 49.2 Å². The molecule has 19 heavy (non-hydrogen) atoms. The van der Waals surface area contributed by atoms with E-state index in [1.807, 2.05) is 13.8 Å². The Morgan fingerprint density at radius 1 is 1.16 bits per heavy atom. The molecule has 108 valence electrons. The molecule has 3 nitrogen and oxygen atoms in total. The van der Waals surface area contributed by atoms with Crippen LogP contribution >= 0.6 is 0 Å². The third-order valence-electron chi connectivity index (χ3n) is 2.94. The maximum absolute atomic E-state index is 14.0. The Morgan fingerprint density at radius 3 is 2.26 bits per heavy atom. The molecule has 4 heteroatoms. The van der Waals surface area contributed by atoms with Gasteiger partial charge >= 0.3 is 0 Å². The highest BCUT2D eigenvalue weighted by Gasteiger charge is 2.14. The van der Waals surface area contributed by atoms with E-state index in [1.54, 1.807) is 6.07 Å². The van der Waals surface area contributed by atoms with Gasteiger partial charge in [-0.25, -0.2) is 4.39 Å². The van der Waals surface area contributed by atoms with Crippen molar-refractivity contribution >= 4 is 0 Å². The van der Waals surface area contributed by atoms with Gasteiger partial charge in [-0.3, -0.25) is 0 Å². The molecule has 1 rings (SSSR count). The topological polar surface area (TPSA) is 44.5 Å². The minimum absolute atomic E-state index is 0.240. The van der Waals surface area contributed by atoms with Crippen LogP contribution in [0.4, 0.5) is 4.39 Å². The van der Waals surface area contributed by atoms with Gasteiger partial charge in [0.2, 0.25) is 0 Å². The maximum Gasteiger partial charge on any atom is 0.164 e. The first kappa shape index (κ1) is 15.8. The number of benzene rings is 1. The number of nitrogens with two attached hydrogens (primary N) is 1. The lowest BCUT2D eigenvalue weighted by atomic mass is 9.97. The van der Waals surface area contributed by atoms with E-state index in [2.05, 4.69) is 6.92 Å². The predicted molar refractivity (Wildman–Crippen MR) is 75.3 cm³/mol. The summed E-state index contributed by atoms with van der Waals surface area (Å²) in [6.07, 6.45) is 1.55. The van der Waals surface area contributed by atoms with Crippen LogP contribution in [-0.2, 0) is 6.42 Å². The van der Waals surface area contributed by atoms with Gasteiger partial charge in [0.1, 0.15) is 5.82 Å². The fourth-order valence-corrected chi connectivity index (χ4v) is 2.03. The lowest BCUT2D eigenvalue weighted by Gasteiger charge is -2.15. The van der Waals surface area contributed by atoms with Crippen LogP contribution in [0, 0.1) is 11.7 Å². The molecule has 0 saturated carbocycles. The van der Waals surface area contributed by atoms with Crippen molar-refractivity contribution in [1.82, 2.24) is 0 Å². The van der Waals surface area contributed by atoms with Crippen molar-refractivity contribution in [2.45, 2.75) is 33.6 Å². The summed E-state index contributed by atoms with van der Waals surface area (Å²) in [5.74, 6) is 1.19. The molecule has 0 aliphatic heterocycles. The molecular weight excluding hydrogens is 245 g/mol. The van der Waals surface area contributed by atoms with Gasteiger partial charge in [-0.1, -0.05) is 6.92 Å². The molecule has 0 heterocycles. The lowest BCUT2D eigenvalue weighted by molar-refractivity contribution is 0.285. The summed E-state index contributed by atoms with van der Waals surface area (Å²) in [6.45, 7) is 7.48. The first-order valence-corrected chi connectivity index (χ1v) is 6.90. The van der Waals surface area contributed by atoms with Gasteiger partial charge in [0.25, 0.3) is 0 Å². The zero-order chi connectivity index (χ0) is 14.3. The van der Waals surface area contributed by atoms with Crippen molar-refractivity contribution in [3.05, 3.63) is 23.5 Å². The van der Waals surface area contributed by atoms with Gasteiger partial charge in [-0.05, 0) is 50.8 Å². The van der Waals surface area contributed by atoms with E-state index in [9.17, 15) is 4.39 Å². The Bertz CT molecular complexity index is 396. The second kappa shape index (κ2) is 8.00. The third-order valence-corrected chi connectivity index (χ3v) is 2.94. The number of rotatable bonds is 8. The van der Waals surface area contributed by atoms with Crippen LogP contribution in [0.25, 0.3) is 0 Å². The third kappa shape index (κ3) is 4.71. The lowest BCUT2D eigenvalue weighted by Crippen LogP contribution is -2.09. The Hall–Kier alpha value is -1.29. The van der Waals surface area contributed by atoms with Crippen molar-refractivity contribution in [2.75, 3.05) is 19.8 Å². The highest BCUT2D eigenvalue weighted by Crippen LogP contribution is 2.31. The Morgan fingerprint density at radius 2 is 1.74 bits per heavy atom. The van der Waals surface area contributed by atoms with Crippen LogP contribution in [0.1, 0.15) is 32.8 Å². The predicted octanol–water partition coefficient (Wildman–Crippen LogP) is 3.15. The highest BCUT2D eigenvalue weighted by molar-refractivity contribution is 5.44. The summed E-state index contributed by atoms with van der Waals surface area (Å²) in [5.41, 5.74) is 6.18. The molecule has 2 N–H and O–H groups in total. The van der Waals surface area contributed by atoms with E-state index in [-0.39, 0.29) is 5.82 Å². The quantitative estimate of drug-likeness (QED) is 0.788. The Kier molecular flexibility index (Phi) is 6.64. The molecule has 1 unspecified atom stereocenters. The van der Waals surface area contributed by atoms with Gasteiger partial charge in [0.05, 0.1) is 13.2 Å². The summed E-state index contributed by atoms with van der Waals surface area (Å²) >= 11 is 0. The van der Waals surface area contributed by atoms with Crippen LogP contribution in [0.5, 0.6) is 11.5 Å². The minimum atomic E-state index is -0.240. The largest absolute Gasteiger partial charge is 0.490 e. The van der Waals surface area contributed by atoms with E-state index in [0.717, 1.165) is 6.42 Å². The summed E-state index contributed by atoms with van der Waals surface area (Å²) < 4.78 is 24.9. The summed E-state index contributed by atoms with van der Waals surface area (Å²) in [6, 6.07) is 3.16. The molecule has 1 atom stereocenters. The average Bonchev–Trinajstić information content (AvgIpc) is 2.35. The zero-order valence-corrected chi connectivity index (χ0v) is 12.0. The maximum atomic E-state index is 14.0. The Balaban J connectivity index is 2.95. The van der Waals surface area contributed by atoms with Crippen LogP contribution < -0.4 is 15.2 Å². The van der Waals surface area contributed by atoms with Gasteiger partial charge in [-0.15, -0.1) is 0 Å². The second-order valence-electron chi connectivity index (χ2n) is 4.64. The van der Waals surface area contributed by atoms with Crippen molar-refractivity contribution in [3.8, 4) is 11.5 Å². The van der Waals surface area contributed by atoms with Crippen LogP contribution in [0.2, 0.25) is 0 Å². The van der Waals surface area contributed by atoms with Gasteiger partial charge in [0.15, 0.2) is 11.5 Å². The van der Waals surface area contributed by atoms with Crippen molar-refractivity contribution < 1.29 is 13.9 Å². The minimum Gasteiger partial charge on any atom is -0.490 e. The first-order chi connectivity index (χ1) is 9.12. The molecule has 0 spiro atoms. The standard InChI is InChI=1S/C15H24FNO2/c1-4-18-14-9-12(8-11(3)6-7-17)13(16)10-15(14)19-5-2/h9-11H,4-8,17H2,1-3H3. The molecule has 0 fully saturated rings. The fraction of sp³-hybridized carbons (Fsp3) is 0.600.